The summed E-state index contributed by atoms with van der Waals surface area (Å²) in [5.74, 6) is 0. The second-order valence-corrected chi connectivity index (χ2v) is 3.29. The van der Waals surface area contributed by atoms with E-state index in [1.54, 1.807) is 12.5 Å². The van der Waals surface area contributed by atoms with E-state index in [0.29, 0.717) is 13.0 Å². The molecule has 0 aromatic carbocycles. The van der Waals surface area contributed by atoms with Crippen molar-refractivity contribution < 1.29 is 10.2 Å². The van der Waals surface area contributed by atoms with Gasteiger partial charge in [-0.15, -0.1) is 0 Å². The summed E-state index contributed by atoms with van der Waals surface area (Å²) < 4.78 is 1.83. The van der Waals surface area contributed by atoms with E-state index >= 15 is 0 Å². The lowest BCUT2D eigenvalue weighted by molar-refractivity contribution is 0.0848. The summed E-state index contributed by atoms with van der Waals surface area (Å²) in [5.41, 5.74) is 1.48. The molecule has 0 aliphatic heterocycles. The van der Waals surface area contributed by atoms with Crippen LogP contribution < -0.4 is 0 Å². The van der Waals surface area contributed by atoms with Gasteiger partial charge < -0.3 is 14.8 Å². The van der Waals surface area contributed by atoms with Gasteiger partial charge in [0.05, 0.1) is 25.2 Å². The topological polar surface area (TPSA) is 84.1 Å². The molecule has 2 N–H and O–H groups in total. The Labute approximate surface area is 86.2 Å². The van der Waals surface area contributed by atoms with Crippen molar-refractivity contribution in [1.82, 2.24) is 19.5 Å². The summed E-state index contributed by atoms with van der Waals surface area (Å²) in [6, 6.07) is 0. The number of aromatic nitrogens is 4. The third-order valence-corrected chi connectivity index (χ3v) is 2.19. The fourth-order valence-electron chi connectivity index (χ4n) is 1.36. The van der Waals surface area contributed by atoms with E-state index in [1.807, 2.05) is 4.57 Å². The number of hydrogen-bond acceptors (Lipinski definition) is 5. The molecule has 0 aliphatic carbocycles. The molecule has 0 aliphatic rings. The first-order valence-electron chi connectivity index (χ1n) is 4.71. The number of aliphatic hydroxyl groups is 2. The van der Waals surface area contributed by atoms with Crippen LogP contribution in [0.3, 0.4) is 0 Å². The number of hydrogen-bond donors (Lipinski definition) is 2. The zero-order valence-corrected chi connectivity index (χ0v) is 8.11. The predicted octanol–water partition coefficient (Wildman–Crippen LogP) is -0.430. The molecule has 80 valence electrons. The lowest BCUT2D eigenvalue weighted by Crippen LogP contribution is -2.14. The Balaban J connectivity index is 2.14. The van der Waals surface area contributed by atoms with Crippen LogP contribution >= 0.6 is 0 Å². The highest BCUT2D eigenvalue weighted by Gasteiger charge is 2.06. The van der Waals surface area contributed by atoms with Gasteiger partial charge in [-0.2, -0.15) is 0 Å². The standard InChI is InChI=1S/C9H12N4O2/c14-4-7(15)1-2-13-6-12-8-3-10-5-11-9(8)13/h3,5-7,14-15H,1-2,4H2. The molecule has 1 unspecified atom stereocenters. The van der Waals surface area contributed by atoms with Crippen LogP contribution in [0.25, 0.3) is 11.2 Å². The monoisotopic (exact) mass is 208 g/mol. The lowest BCUT2D eigenvalue weighted by atomic mass is 10.3. The first-order valence-corrected chi connectivity index (χ1v) is 4.71. The van der Waals surface area contributed by atoms with Gasteiger partial charge in [-0.05, 0) is 6.42 Å². The maximum absolute atomic E-state index is 9.21. The van der Waals surface area contributed by atoms with E-state index < -0.39 is 6.10 Å². The summed E-state index contributed by atoms with van der Waals surface area (Å²) >= 11 is 0. The molecule has 0 bridgehead atoms. The molecule has 0 fully saturated rings. The van der Waals surface area contributed by atoms with Gasteiger partial charge >= 0.3 is 0 Å². The molecule has 2 aromatic heterocycles. The van der Waals surface area contributed by atoms with Crippen LogP contribution in [0.5, 0.6) is 0 Å². The number of imidazole rings is 1. The minimum Gasteiger partial charge on any atom is -0.394 e. The Bertz CT molecular complexity index is 442. The van der Waals surface area contributed by atoms with Crippen LogP contribution in [0.2, 0.25) is 0 Å². The normalized spacial score (nSPS) is 13.2. The zero-order chi connectivity index (χ0) is 10.7. The number of aryl methyl sites for hydroxylation is 1. The van der Waals surface area contributed by atoms with Crippen molar-refractivity contribution in [3.8, 4) is 0 Å². The van der Waals surface area contributed by atoms with Crippen molar-refractivity contribution in [2.24, 2.45) is 0 Å². The molecule has 15 heavy (non-hydrogen) atoms. The van der Waals surface area contributed by atoms with Crippen molar-refractivity contribution in [3.63, 3.8) is 0 Å². The van der Waals surface area contributed by atoms with Crippen molar-refractivity contribution in [2.75, 3.05) is 6.61 Å². The Morgan fingerprint density at radius 2 is 2.27 bits per heavy atom. The zero-order valence-electron chi connectivity index (χ0n) is 8.11. The summed E-state index contributed by atoms with van der Waals surface area (Å²) in [5, 5.41) is 17.9. The summed E-state index contributed by atoms with van der Waals surface area (Å²) in [6.07, 6.45) is 4.55. The molecule has 6 nitrogen and oxygen atoms in total. The van der Waals surface area contributed by atoms with Crippen LogP contribution in [0.4, 0.5) is 0 Å². The fraction of sp³-hybridized carbons (Fsp3) is 0.444. The fourth-order valence-corrected chi connectivity index (χ4v) is 1.36. The molecule has 0 saturated carbocycles. The molecule has 2 rings (SSSR count). The van der Waals surface area contributed by atoms with Crippen LogP contribution in [0.1, 0.15) is 6.42 Å². The minimum absolute atomic E-state index is 0.221. The Morgan fingerprint density at radius 1 is 1.40 bits per heavy atom. The van der Waals surface area contributed by atoms with Gasteiger partial charge in [-0.3, -0.25) is 0 Å². The molecule has 6 heteroatoms. The third kappa shape index (κ3) is 2.11. The molecular weight excluding hydrogens is 196 g/mol. The second kappa shape index (κ2) is 4.33. The lowest BCUT2D eigenvalue weighted by Gasteiger charge is -2.07. The smallest absolute Gasteiger partial charge is 0.163 e. The number of rotatable bonds is 4. The first-order chi connectivity index (χ1) is 7.31. The van der Waals surface area contributed by atoms with Gasteiger partial charge in [0.2, 0.25) is 0 Å². The molecule has 2 heterocycles. The van der Waals surface area contributed by atoms with Crippen LogP contribution in [0.15, 0.2) is 18.9 Å². The largest absolute Gasteiger partial charge is 0.394 e. The van der Waals surface area contributed by atoms with Gasteiger partial charge in [0.25, 0.3) is 0 Å². The van der Waals surface area contributed by atoms with E-state index in [9.17, 15) is 5.11 Å². The predicted molar refractivity (Wildman–Crippen MR) is 53.0 cm³/mol. The van der Waals surface area contributed by atoms with Gasteiger partial charge in [-0.25, -0.2) is 15.0 Å². The average molecular weight is 208 g/mol. The molecular formula is C9H12N4O2. The molecule has 0 radical (unpaired) electrons. The van der Waals surface area contributed by atoms with E-state index in [0.717, 1.165) is 11.2 Å². The molecule has 0 saturated heterocycles. The number of aliphatic hydroxyl groups excluding tert-OH is 2. The van der Waals surface area contributed by atoms with Gasteiger partial charge in [0.15, 0.2) is 5.65 Å². The Hall–Kier alpha value is -1.53. The molecule has 1 atom stereocenters. The van der Waals surface area contributed by atoms with Gasteiger partial charge in [0, 0.05) is 6.54 Å². The van der Waals surface area contributed by atoms with Crippen molar-refractivity contribution in [2.45, 2.75) is 19.1 Å². The van der Waals surface area contributed by atoms with Gasteiger partial charge in [-0.1, -0.05) is 0 Å². The van der Waals surface area contributed by atoms with E-state index in [1.165, 1.54) is 6.33 Å². The summed E-state index contributed by atoms with van der Waals surface area (Å²) in [7, 11) is 0. The number of fused-ring (bicyclic) bond motifs is 1. The Morgan fingerprint density at radius 3 is 3.07 bits per heavy atom. The quantitative estimate of drug-likeness (QED) is 0.712. The molecule has 2 aromatic rings. The molecule has 0 spiro atoms. The summed E-state index contributed by atoms with van der Waals surface area (Å²) in [6.45, 7) is 0.358. The van der Waals surface area contributed by atoms with E-state index in [-0.39, 0.29) is 6.61 Å². The molecule has 0 amide bonds. The maximum Gasteiger partial charge on any atom is 0.163 e. The first kappa shape index (κ1) is 10.0. The SMILES string of the molecule is OCC(O)CCn1cnc2cncnc21. The van der Waals surface area contributed by atoms with Crippen molar-refractivity contribution >= 4 is 11.2 Å². The average Bonchev–Trinajstić information content (AvgIpc) is 2.69. The van der Waals surface area contributed by atoms with E-state index in [4.69, 9.17) is 5.11 Å². The second-order valence-electron chi connectivity index (χ2n) is 3.29. The van der Waals surface area contributed by atoms with Crippen molar-refractivity contribution in [1.29, 1.82) is 0 Å². The van der Waals surface area contributed by atoms with E-state index in [2.05, 4.69) is 15.0 Å². The minimum atomic E-state index is -0.690. The van der Waals surface area contributed by atoms with Crippen LogP contribution in [-0.2, 0) is 6.54 Å². The summed E-state index contributed by atoms with van der Waals surface area (Å²) in [4.78, 5) is 12.1. The highest BCUT2D eigenvalue weighted by atomic mass is 16.3. The van der Waals surface area contributed by atoms with Crippen molar-refractivity contribution in [3.05, 3.63) is 18.9 Å². The Kier molecular flexibility index (Phi) is 2.89. The van der Waals surface area contributed by atoms with Crippen LogP contribution in [-0.4, -0.2) is 42.4 Å². The number of nitrogens with zero attached hydrogens (tertiary/aromatic N) is 4. The highest BCUT2D eigenvalue weighted by Crippen LogP contribution is 2.08. The maximum atomic E-state index is 9.21. The third-order valence-electron chi connectivity index (χ3n) is 2.19. The highest BCUT2D eigenvalue weighted by molar-refractivity contribution is 5.68. The van der Waals surface area contributed by atoms with Crippen LogP contribution in [0, 0.1) is 0 Å². The van der Waals surface area contributed by atoms with Gasteiger partial charge in [0.1, 0.15) is 11.8 Å².